The van der Waals surface area contributed by atoms with Gasteiger partial charge in [0, 0.05) is 24.0 Å². The maximum atomic E-state index is 12.7. The van der Waals surface area contributed by atoms with Crippen molar-refractivity contribution in [3.63, 3.8) is 0 Å². The molecule has 0 bridgehead atoms. The van der Waals surface area contributed by atoms with Crippen molar-refractivity contribution in [3.05, 3.63) is 69.3 Å². The molecule has 0 radical (unpaired) electrons. The highest BCUT2D eigenvalue weighted by Gasteiger charge is 2.24. The lowest BCUT2D eigenvalue weighted by molar-refractivity contribution is 0.602. The van der Waals surface area contributed by atoms with Gasteiger partial charge in [-0.25, -0.2) is 8.42 Å². The van der Waals surface area contributed by atoms with Crippen molar-refractivity contribution < 1.29 is 8.42 Å². The third kappa shape index (κ3) is 4.29. The minimum absolute atomic E-state index is 0.0261. The molecule has 8 heteroatoms. The molecule has 1 N–H and O–H groups in total. The fraction of sp³-hybridized carbons (Fsp3) is 0.125. The van der Waals surface area contributed by atoms with E-state index in [0.29, 0.717) is 11.6 Å². The molecule has 124 valence electrons. The molecular formula is C16H14ClN3O2S2. The first-order chi connectivity index (χ1) is 11.5. The lowest BCUT2D eigenvalue weighted by atomic mass is 10.3. The summed E-state index contributed by atoms with van der Waals surface area (Å²) in [7, 11) is -3.92. The quantitative estimate of drug-likeness (QED) is 0.775. The Bertz CT molecular complexity index is 874. The summed E-state index contributed by atoms with van der Waals surface area (Å²) >= 11 is 6.96. The average Bonchev–Trinajstić information content (AvgIpc) is 2.59. The van der Waals surface area contributed by atoms with Crippen molar-refractivity contribution in [1.82, 2.24) is 10.3 Å². The first-order valence-corrected chi connectivity index (χ1v) is 9.89. The summed E-state index contributed by atoms with van der Waals surface area (Å²) in [4.78, 5) is 3.71. The highest BCUT2D eigenvalue weighted by Crippen LogP contribution is 2.26. The third-order valence-corrected chi connectivity index (χ3v) is 5.94. The maximum absolute atomic E-state index is 12.7. The highest BCUT2D eigenvalue weighted by atomic mass is 35.5. The normalized spacial score (nSPS) is 12.2. The second-order valence-electron chi connectivity index (χ2n) is 4.65. The van der Waals surface area contributed by atoms with Crippen LogP contribution < -0.4 is 5.32 Å². The number of hydrogen-bond donors (Lipinski definition) is 1. The number of pyridine rings is 1. The molecule has 0 aliphatic rings. The van der Waals surface area contributed by atoms with Crippen LogP contribution in [-0.2, 0) is 16.4 Å². The smallest absolute Gasteiger partial charge is 0.219 e. The van der Waals surface area contributed by atoms with E-state index in [-0.39, 0.29) is 14.8 Å². The van der Waals surface area contributed by atoms with E-state index >= 15 is 0 Å². The van der Waals surface area contributed by atoms with Crippen molar-refractivity contribution >= 4 is 33.2 Å². The second-order valence-corrected chi connectivity index (χ2v) is 7.79. The van der Waals surface area contributed by atoms with Gasteiger partial charge in [-0.2, -0.15) is 5.26 Å². The van der Waals surface area contributed by atoms with Crippen LogP contribution in [0.5, 0.6) is 0 Å². The molecular weight excluding hydrogens is 366 g/mol. The van der Waals surface area contributed by atoms with Gasteiger partial charge in [-0.05, 0) is 42.2 Å². The van der Waals surface area contributed by atoms with Crippen LogP contribution in [0.25, 0.3) is 0 Å². The molecule has 0 amide bonds. The third-order valence-electron chi connectivity index (χ3n) is 3.08. The molecule has 2 rings (SSSR count). The second kappa shape index (κ2) is 8.20. The van der Waals surface area contributed by atoms with Crippen LogP contribution in [0, 0.1) is 11.3 Å². The van der Waals surface area contributed by atoms with Crippen LogP contribution >= 0.6 is 23.4 Å². The number of rotatable bonds is 6. The molecule has 0 unspecified atom stereocenters. The lowest BCUT2D eigenvalue weighted by Crippen LogP contribution is -2.16. The van der Waals surface area contributed by atoms with Gasteiger partial charge in [0.2, 0.25) is 9.84 Å². The van der Waals surface area contributed by atoms with E-state index in [1.54, 1.807) is 30.8 Å². The molecule has 0 atom stereocenters. The first-order valence-electron chi connectivity index (χ1n) is 6.81. The number of benzene rings is 1. The molecule has 0 aliphatic carbocycles. The van der Waals surface area contributed by atoms with E-state index in [2.05, 4.69) is 10.3 Å². The summed E-state index contributed by atoms with van der Waals surface area (Å²) in [5.74, 6) is 0. The van der Waals surface area contributed by atoms with Gasteiger partial charge >= 0.3 is 0 Å². The fourth-order valence-corrected chi connectivity index (χ4v) is 4.21. The summed E-state index contributed by atoms with van der Waals surface area (Å²) < 4.78 is 25.4. The number of nitriles is 1. The van der Waals surface area contributed by atoms with Gasteiger partial charge < -0.3 is 5.32 Å². The van der Waals surface area contributed by atoms with Crippen molar-refractivity contribution in [2.75, 3.05) is 6.26 Å². The number of allylic oxidation sites excluding steroid dienone is 1. The monoisotopic (exact) mass is 379 g/mol. The standard InChI is InChI=1S/C16H14ClN3O2S2/c1-23-16(20-11-12-3-2-8-19-10-12)15(9-18)24(21,22)14-6-4-13(17)5-7-14/h2-8,10,20H,11H2,1H3. The Morgan fingerprint density at radius 3 is 2.58 bits per heavy atom. The molecule has 0 spiro atoms. The van der Waals surface area contributed by atoms with Crippen LogP contribution in [0.3, 0.4) is 0 Å². The molecule has 2 aromatic rings. The number of nitrogens with zero attached hydrogens (tertiary/aromatic N) is 2. The number of sulfone groups is 1. The SMILES string of the molecule is CSC(NCc1cccnc1)=C(C#N)S(=O)(=O)c1ccc(Cl)cc1. The Balaban J connectivity index is 2.36. The zero-order valence-corrected chi connectivity index (χ0v) is 15.1. The van der Waals surface area contributed by atoms with E-state index in [4.69, 9.17) is 11.6 Å². The molecule has 0 saturated heterocycles. The average molecular weight is 380 g/mol. The van der Waals surface area contributed by atoms with Crippen molar-refractivity contribution in [2.45, 2.75) is 11.4 Å². The van der Waals surface area contributed by atoms with E-state index in [9.17, 15) is 13.7 Å². The summed E-state index contributed by atoms with van der Waals surface area (Å²) in [6.45, 7) is 0.366. The van der Waals surface area contributed by atoms with Gasteiger partial charge in [-0.1, -0.05) is 17.7 Å². The van der Waals surface area contributed by atoms with Gasteiger partial charge in [0.05, 0.1) is 9.92 Å². The Labute approximate surface area is 150 Å². The summed E-state index contributed by atoms with van der Waals surface area (Å²) in [6.07, 6.45) is 5.03. The predicted molar refractivity (Wildman–Crippen MR) is 95.9 cm³/mol. The van der Waals surface area contributed by atoms with Gasteiger partial charge in [0.15, 0.2) is 4.91 Å². The molecule has 0 fully saturated rings. The first kappa shape index (κ1) is 18.3. The van der Waals surface area contributed by atoms with Crippen LogP contribution in [0.4, 0.5) is 0 Å². The Morgan fingerprint density at radius 1 is 1.33 bits per heavy atom. The zero-order valence-electron chi connectivity index (χ0n) is 12.7. The van der Waals surface area contributed by atoms with Gasteiger partial charge in [-0.15, -0.1) is 11.8 Å². The van der Waals surface area contributed by atoms with Crippen molar-refractivity contribution in [3.8, 4) is 6.07 Å². The summed E-state index contributed by atoms with van der Waals surface area (Å²) in [6, 6.07) is 11.2. The maximum Gasteiger partial charge on any atom is 0.219 e. The summed E-state index contributed by atoms with van der Waals surface area (Å²) in [5.41, 5.74) is 0.880. The van der Waals surface area contributed by atoms with Crippen LogP contribution in [-0.4, -0.2) is 19.7 Å². The number of aromatic nitrogens is 1. The molecule has 1 heterocycles. The number of nitrogens with one attached hydrogen (secondary N) is 1. The van der Waals surface area contributed by atoms with Crippen LogP contribution in [0.1, 0.15) is 5.56 Å². The van der Waals surface area contributed by atoms with E-state index < -0.39 is 9.84 Å². The number of halogens is 1. The van der Waals surface area contributed by atoms with Gasteiger partial charge in [0.1, 0.15) is 6.07 Å². The molecule has 1 aromatic carbocycles. The number of hydrogen-bond acceptors (Lipinski definition) is 6. The largest absolute Gasteiger partial charge is 0.374 e. The van der Waals surface area contributed by atoms with E-state index in [1.165, 1.54) is 36.0 Å². The van der Waals surface area contributed by atoms with Crippen LogP contribution in [0.2, 0.25) is 5.02 Å². The van der Waals surface area contributed by atoms with E-state index in [1.807, 2.05) is 6.07 Å². The minimum atomic E-state index is -3.92. The van der Waals surface area contributed by atoms with Gasteiger partial charge in [0.25, 0.3) is 0 Å². The summed E-state index contributed by atoms with van der Waals surface area (Å²) in [5, 5.41) is 13.1. The molecule has 0 saturated carbocycles. The number of thioether (sulfide) groups is 1. The van der Waals surface area contributed by atoms with Crippen molar-refractivity contribution in [2.24, 2.45) is 0 Å². The molecule has 5 nitrogen and oxygen atoms in total. The topological polar surface area (TPSA) is 82.8 Å². The molecule has 0 aliphatic heterocycles. The van der Waals surface area contributed by atoms with Crippen LogP contribution in [0.15, 0.2) is 63.6 Å². The van der Waals surface area contributed by atoms with Gasteiger partial charge in [-0.3, -0.25) is 4.98 Å². The molecule has 24 heavy (non-hydrogen) atoms. The Morgan fingerprint density at radius 2 is 2.04 bits per heavy atom. The predicted octanol–water partition coefficient (Wildman–Crippen LogP) is 3.35. The minimum Gasteiger partial charge on any atom is -0.374 e. The Hall–Kier alpha value is -2.01. The molecule has 1 aromatic heterocycles. The Kier molecular flexibility index (Phi) is 6.26. The fourth-order valence-electron chi connectivity index (χ4n) is 1.89. The lowest BCUT2D eigenvalue weighted by Gasteiger charge is -2.12. The van der Waals surface area contributed by atoms with E-state index in [0.717, 1.165) is 5.56 Å². The zero-order chi connectivity index (χ0) is 17.6. The highest BCUT2D eigenvalue weighted by molar-refractivity contribution is 8.04. The van der Waals surface area contributed by atoms with Crippen molar-refractivity contribution in [1.29, 1.82) is 5.26 Å².